The van der Waals surface area contributed by atoms with E-state index in [9.17, 15) is 9.59 Å². The number of nitrogens with zero attached hydrogens (tertiary/aromatic N) is 1. The summed E-state index contributed by atoms with van der Waals surface area (Å²) in [7, 11) is 3.10. The van der Waals surface area contributed by atoms with E-state index in [1.165, 1.54) is 11.2 Å². The average molecular weight is 408 g/mol. The lowest BCUT2D eigenvalue weighted by Gasteiger charge is -2.21. The number of para-hydroxylation sites is 1. The molecule has 2 amide bonds. The van der Waals surface area contributed by atoms with Gasteiger partial charge < -0.3 is 24.1 Å². The quantitative estimate of drug-likeness (QED) is 0.586. The molecule has 0 saturated carbocycles. The zero-order chi connectivity index (χ0) is 21.3. The third kappa shape index (κ3) is 5.64. The molecule has 0 bridgehead atoms. The molecule has 3 aromatic rings. The number of methoxy groups -OCH3 is 2. The smallest absolute Gasteiger partial charge is 0.244 e. The Morgan fingerprint density at radius 3 is 2.40 bits per heavy atom. The van der Waals surface area contributed by atoms with E-state index >= 15 is 0 Å². The Morgan fingerprint density at radius 2 is 1.73 bits per heavy atom. The highest BCUT2D eigenvalue weighted by Gasteiger charge is 2.20. The number of furan rings is 1. The number of hydrogen-bond donors (Lipinski definition) is 1. The van der Waals surface area contributed by atoms with E-state index in [0.29, 0.717) is 22.9 Å². The van der Waals surface area contributed by atoms with Gasteiger partial charge in [0, 0.05) is 5.69 Å². The predicted molar refractivity (Wildman–Crippen MR) is 112 cm³/mol. The summed E-state index contributed by atoms with van der Waals surface area (Å²) in [5, 5.41) is 2.80. The van der Waals surface area contributed by atoms with Gasteiger partial charge in [0.05, 0.1) is 33.4 Å². The van der Waals surface area contributed by atoms with Gasteiger partial charge in [-0.2, -0.15) is 0 Å². The summed E-state index contributed by atoms with van der Waals surface area (Å²) in [5.74, 6) is 1.24. The van der Waals surface area contributed by atoms with Gasteiger partial charge in [-0.15, -0.1) is 0 Å². The van der Waals surface area contributed by atoms with Crippen molar-refractivity contribution in [1.29, 1.82) is 0 Å². The second-order valence-corrected chi connectivity index (χ2v) is 6.61. The molecule has 0 aliphatic rings. The van der Waals surface area contributed by atoms with E-state index in [2.05, 4.69) is 5.32 Å². The molecule has 0 unspecified atom stereocenters. The zero-order valence-corrected chi connectivity index (χ0v) is 17.0. The second-order valence-electron chi connectivity index (χ2n) is 6.61. The van der Waals surface area contributed by atoms with Gasteiger partial charge in [-0.05, 0) is 42.0 Å². The van der Waals surface area contributed by atoms with Gasteiger partial charge in [-0.3, -0.25) is 9.59 Å². The number of carbonyl (C=O) groups excluding carboxylic acids is 2. The highest BCUT2D eigenvalue weighted by atomic mass is 16.5. The summed E-state index contributed by atoms with van der Waals surface area (Å²) in [6.07, 6.45) is 1.65. The molecular formula is C23H24N2O5. The van der Waals surface area contributed by atoms with Crippen LogP contribution in [-0.4, -0.2) is 37.5 Å². The minimum Gasteiger partial charge on any atom is -0.493 e. The van der Waals surface area contributed by atoms with Crippen molar-refractivity contribution in [3.05, 3.63) is 78.3 Å². The van der Waals surface area contributed by atoms with Crippen molar-refractivity contribution in [2.75, 3.05) is 26.1 Å². The van der Waals surface area contributed by atoms with E-state index in [1.54, 1.807) is 56.7 Å². The highest BCUT2D eigenvalue weighted by Crippen LogP contribution is 2.28. The fourth-order valence-electron chi connectivity index (χ4n) is 3.00. The first-order valence-corrected chi connectivity index (χ1v) is 9.45. The van der Waals surface area contributed by atoms with Crippen LogP contribution in [-0.2, 0) is 22.6 Å². The molecule has 7 heteroatoms. The molecule has 30 heavy (non-hydrogen) atoms. The van der Waals surface area contributed by atoms with Crippen LogP contribution in [0, 0.1) is 0 Å². The first kappa shape index (κ1) is 21.0. The van der Waals surface area contributed by atoms with Crippen molar-refractivity contribution >= 4 is 17.5 Å². The van der Waals surface area contributed by atoms with Crippen LogP contribution in [0.25, 0.3) is 0 Å². The zero-order valence-electron chi connectivity index (χ0n) is 17.0. The summed E-state index contributed by atoms with van der Waals surface area (Å²) < 4.78 is 15.9. The third-order valence-corrected chi connectivity index (χ3v) is 4.47. The van der Waals surface area contributed by atoms with Crippen molar-refractivity contribution in [3.8, 4) is 11.5 Å². The maximum Gasteiger partial charge on any atom is 0.244 e. The summed E-state index contributed by atoms with van der Waals surface area (Å²) in [6.45, 7) is 0.100. The van der Waals surface area contributed by atoms with Crippen LogP contribution >= 0.6 is 0 Å². The summed E-state index contributed by atoms with van der Waals surface area (Å²) in [5.41, 5.74) is 1.43. The first-order chi connectivity index (χ1) is 14.6. The van der Waals surface area contributed by atoms with Crippen molar-refractivity contribution in [3.63, 3.8) is 0 Å². The van der Waals surface area contributed by atoms with Crippen molar-refractivity contribution < 1.29 is 23.5 Å². The van der Waals surface area contributed by atoms with E-state index in [0.717, 1.165) is 5.56 Å². The van der Waals surface area contributed by atoms with Gasteiger partial charge >= 0.3 is 0 Å². The molecule has 0 radical (unpaired) electrons. The van der Waals surface area contributed by atoms with Gasteiger partial charge in [0.15, 0.2) is 11.5 Å². The number of nitrogens with one attached hydrogen (secondary N) is 1. The SMILES string of the molecule is COc1ccc(CC(=O)N(CC(=O)Nc2ccccc2)Cc2ccco2)cc1OC. The molecule has 7 nitrogen and oxygen atoms in total. The molecule has 3 rings (SSSR count). The minimum absolute atomic E-state index is 0.0955. The number of amides is 2. The number of hydrogen-bond acceptors (Lipinski definition) is 5. The molecule has 0 atom stereocenters. The number of anilines is 1. The molecule has 0 saturated heterocycles. The van der Waals surface area contributed by atoms with Gasteiger partial charge in [-0.1, -0.05) is 24.3 Å². The Hall–Kier alpha value is -3.74. The molecule has 1 heterocycles. The maximum atomic E-state index is 13.0. The predicted octanol–water partition coefficient (Wildman–Crippen LogP) is 3.51. The Bertz CT molecular complexity index is 971. The molecule has 1 aromatic heterocycles. The molecule has 2 aromatic carbocycles. The van der Waals surface area contributed by atoms with Crippen LogP contribution in [0.15, 0.2) is 71.3 Å². The van der Waals surface area contributed by atoms with Gasteiger partial charge in [0.25, 0.3) is 0 Å². The van der Waals surface area contributed by atoms with Crippen molar-refractivity contribution in [2.45, 2.75) is 13.0 Å². The fourth-order valence-corrected chi connectivity index (χ4v) is 3.00. The lowest BCUT2D eigenvalue weighted by Crippen LogP contribution is -2.38. The largest absolute Gasteiger partial charge is 0.493 e. The van der Waals surface area contributed by atoms with Crippen molar-refractivity contribution in [1.82, 2.24) is 4.90 Å². The Labute approximate surface area is 175 Å². The van der Waals surface area contributed by atoms with Gasteiger partial charge in [0.2, 0.25) is 11.8 Å². The van der Waals surface area contributed by atoms with Crippen LogP contribution in [0.4, 0.5) is 5.69 Å². The summed E-state index contributed by atoms with van der Waals surface area (Å²) >= 11 is 0. The van der Waals surface area contributed by atoms with Crippen LogP contribution in [0.2, 0.25) is 0 Å². The molecule has 156 valence electrons. The molecule has 0 spiro atoms. The second kappa shape index (κ2) is 10.2. The summed E-state index contributed by atoms with van der Waals surface area (Å²) in [6, 6.07) is 17.9. The van der Waals surface area contributed by atoms with Crippen LogP contribution in [0.1, 0.15) is 11.3 Å². The fraction of sp³-hybridized carbons (Fsp3) is 0.217. The number of carbonyl (C=O) groups is 2. The van der Waals surface area contributed by atoms with E-state index in [4.69, 9.17) is 13.9 Å². The Kier molecular flexibility index (Phi) is 7.10. The number of rotatable bonds is 9. The van der Waals surface area contributed by atoms with Crippen LogP contribution < -0.4 is 14.8 Å². The standard InChI is InChI=1S/C23H24N2O5/c1-28-20-11-10-17(13-21(20)29-2)14-23(27)25(15-19-9-6-12-30-19)16-22(26)24-18-7-4-3-5-8-18/h3-13H,14-16H2,1-2H3,(H,24,26). The topological polar surface area (TPSA) is 81.0 Å². The van der Waals surface area contributed by atoms with Crippen LogP contribution in [0.5, 0.6) is 11.5 Å². The van der Waals surface area contributed by atoms with Gasteiger partial charge in [-0.25, -0.2) is 0 Å². The van der Waals surface area contributed by atoms with Gasteiger partial charge in [0.1, 0.15) is 12.3 Å². The lowest BCUT2D eigenvalue weighted by molar-refractivity contribution is -0.134. The highest BCUT2D eigenvalue weighted by molar-refractivity contribution is 5.94. The third-order valence-electron chi connectivity index (χ3n) is 4.47. The van der Waals surface area contributed by atoms with E-state index in [-0.39, 0.29) is 31.3 Å². The van der Waals surface area contributed by atoms with E-state index < -0.39 is 0 Å². The maximum absolute atomic E-state index is 13.0. The Balaban J connectivity index is 1.72. The van der Waals surface area contributed by atoms with Crippen molar-refractivity contribution in [2.24, 2.45) is 0 Å². The molecule has 1 N–H and O–H groups in total. The number of benzene rings is 2. The number of ether oxygens (including phenoxy) is 2. The molecular weight excluding hydrogens is 384 g/mol. The molecule has 0 aliphatic carbocycles. The normalized spacial score (nSPS) is 10.3. The van der Waals surface area contributed by atoms with E-state index in [1.807, 2.05) is 18.2 Å². The Morgan fingerprint density at radius 1 is 0.967 bits per heavy atom. The minimum atomic E-state index is -0.284. The lowest BCUT2D eigenvalue weighted by atomic mass is 10.1. The molecule has 0 aliphatic heterocycles. The monoisotopic (exact) mass is 408 g/mol. The average Bonchev–Trinajstić information content (AvgIpc) is 3.27. The van der Waals surface area contributed by atoms with Crippen LogP contribution in [0.3, 0.4) is 0 Å². The summed E-state index contributed by atoms with van der Waals surface area (Å²) in [4.78, 5) is 27.0. The molecule has 0 fully saturated rings. The first-order valence-electron chi connectivity index (χ1n) is 9.45.